The molecule has 0 bridgehead atoms. The van der Waals surface area contributed by atoms with Crippen LogP contribution in [-0.4, -0.2) is 17.0 Å². The Bertz CT molecular complexity index is 451. The van der Waals surface area contributed by atoms with Crippen molar-refractivity contribution in [3.05, 3.63) is 46.7 Å². The quantitative estimate of drug-likeness (QED) is 0.937. The summed E-state index contributed by atoms with van der Waals surface area (Å²) < 4.78 is 1.06. The molecule has 0 saturated heterocycles. The molecule has 16 heavy (non-hydrogen) atoms. The van der Waals surface area contributed by atoms with Crippen molar-refractivity contribution in [1.82, 2.24) is 15.3 Å². The molecule has 0 radical (unpaired) electrons. The van der Waals surface area contributed by atoms with Gasteiger partial charge in [0.1, 0.15) is 0 Å². The van der Waals surface area contributed by atoms with Crippen LogP contribution in [0, 0.1) is 0 Å². The summed E-state index contributed by atoms with van der Waals surface area (Å²) in [5.41, 5.74) is 2.11. The molecule has 0 unspecified atom stereocenters. The van der Waals surface area contributed by atoms with Gasteiger partial charge >= 0.3 is 0 Å². The summed E-state index contributed by atoms with van der Waals surface area (Å²) in [5.74, 6) is 0.757. The van der Waals surface area contributed by atoms with Gasteiger partial charge in [0.05, 0.1) is 0 Å². The number of nitrogens with zero attached hydrogens (tertiary/aromatic N) is 2. The van der Waals surface area contributed by atoms with E-state index in [0.717, 1.165) is 28.0 Å². The summed E-state index contributed by atoms with van der Waals surface area (Å²) in [6.45, 7) is 0.792. The molecule has 0 amide bonds. The number of rotatable bonds is 3. The maximum Gasteiger partial charge on any atom is 0.159 e. The average Bonchev–Trinajstić information content (AvgIpc) is 2.32. The van der Waals surface area contributed by atoms with E-state index in [1.54, 1.807) is 0 Å². The lowest BCUT2D eigenvalue weighted by molar-refractivity contribution is 0.807. The summed E-state index contributed by atoms with van der Waals surface area (Å²) >= 11 is 3.40. The van der Waals surface area contributed by atoms with Gasteiger partial charge in [0.25, 0.3) is 0 Å². The van der Waals surface area contributed by atoms with E-state index in [4.69, 9.17) is 0 Å². The normalized spacial score (nSPS) is 10.4. The minimum absolute atomic E-state index is 0.757. The maximum absolute atomic E-state index is 4.33. The van der Waals surface area contributed by atoms with Crippen LogP contribution in [0.1, 0.15) is 5.56 Å². The lowest BCUT2D eigenvalue weighted by Gasteiger charge is -2.02. The number of halogens is 1. The van der Waals surface area contributed by atoms with Crippen molar-refractivity contribution in [2.24, 2.45) is 0 Å². The van der Waals surface area contributed by atoms with E-state index in [1.807, 2.05) is 43.7 Å². The molecule has 0 aliphatic carbocycles. The lowest BCUT2D eigenvalue weighted by atomic mass is 10.2. The van der Waals surface area contributed by atoms with E-state index < -0.39 is 0 Å². The molecular formula is C12H12BrN3. The average molecular weight is 278 g/mol. The van der Waals surface area contributed by atoms with Crippen molar-refractivity contribution in [3.63, 3.8) is 0 Å². The fraction of sp³-hybridized carbons (Fsp3) is 0.167. The molecule has 1 heterocycles. The van der Waals surface area contributed by atoms with E-state index in [-0.39, 0.29) is 0 Å². The van der Waals surface area contributed by atoms with Crippen LogP contribution < -0.4 is 5.32 Å². The summed E-state index contributed by atoms with van der Waals surface area (Å²) in [5, 5.41) is 3.06. The fourth-order valence-corrected chi connectivity index (χ4v) is 1.66. The van der Waals surface area contributed by atoms with Crippen LogP contribution in [0.15, 0.2) is 41.1 Å². The first-order valence-electron chi connectivity index (χ1n) is 5.01. The predicted octanol–water partition coefficient (Wildman–Crippen LogP) is 2.63. The molecule has 1 aromatic carbocycles. The Kier molecular flexibility index (Phi) is 3.64. The molecule has 0 atom stereocenters. The molecule has 1 N–H and O–H groups in total. The molecule has 4 heteroatoms. The van der Waals surface area contributed by atoms with Crippen LogP contribution in [0.5, 0.6) is 0 Å². The van der Waals surface area contributed by atoms with Crippen molar-refractivity contribution >= 4 is 15.9 Å². The van der Waals surface area contributed by atoms with Gasteiger partial charge in [-0.3, -0.25) is 0 Å². The molecule has 2 aromatic rings. The van der Waals surface area contributed by atoms with E-state index in [9.17, 15) is 0 Å². The van der Waals surface area contributed by atoms with Gasteiger partial charge < -0.3 is 5.32 Å². The molecule has 0 fully saturated rings. The van der Waals surface area contributed by atoms with Gasteiger partial charge in [0, 0.05) is 34.5 Å². The first-order chi connectivity index (χ1) is 7.79. The minimum Gasteiger partial charge on any atom is -0.316 e. The van der Waals surface area contributed by atoms with Crippen molar-refractivity contribution in [2.45, 2.75) is 6.54 Å². The van der Waals surface area contributed by atoms with Gasteiger partial charge in [-0.15, -0.1) is 0 Å². The molecule has 0 saturated carbocycles. The molecule has 3 nitrogen and oxygen atoms in total. The highest BCUT2D eigenvalue weighted by atomic mass is 79.9. The van der Waals surface area contributed by atoms with Crippen LogP contribution in [0.4, 0.5) is 0 Å². The van der Waals surface area contributed by atoms with Gasteiger partial charge in [-0.1, -0.05) is 28.1 Å². The Morgan fingerprint density at radius 2 is 1.75 bits per heavy atom. The Labute approximate surface area is 103 Å². The highest BCUT2D eigenvalue weighted by Gasteiger charge is 2.00. The van der Waals surface area contributed by atoms with Crippen LogP contribution in [0.3, 0.4) is 0 Å². The zero-order valence-corrected chi connectivity index (χ0v) is 10.5. The summed E-state index contributed by atoms with van der Waals surface area (Å²) in [7, 11) is 1.91. The number of benzene rings is 1. The third kappa shape index (κ3) is 2.65. The van der Waals surface area contributed by atoms with Crippen LogP contribution >= 0.6 is 15.9 Å². The molecule has 82 valence electrons. The van der Waals surface area contributed by atoms with Crippen molar-refractivity contribution in [2.75, 3.05) is 7.05 Å². The number of hydrogen-bond acceptors (Lipinski definition) is 3. The molecule has 1 aromatic heterocycles. The van der Waals surface area contributed by atoms with Gasteiger partial charge in [0.15, 0.2) is 5.82 Å². The Hall–Kier alpha value is -1.26. The molecular weight excluding hydrogens is 266 g/mol. The smallest absolute Gasteiger partial charge is 0.159 e. The third-order valence-electron chi connectivity index (χ3n) is 2.19. The second-order valence-electron chi connectivity index (χ2n) is 3.45. The Balaban J connectivity index is 2.24. The highest BCUT2D eigenvalue weighted by Crippen LogP contribution is 2.17. The van der Waals surface area contributed by atoms with Gasteiger partial charge in [-0.05, 0) is 19.2 Å². The maximum atomic E-state index is 4.33. The van der Waals surface area contributed by atoms with Crippen molar-refractivity contribution in [3.8, 4) is 11.4 Å². The minimum atomic E-state index is 0.757. The second-order valence-corrected chi connectivity index (χ2v) is 4.37. The number of hydrogen-bond donors (Lipinski definition) is 1. The standard InChI is InChI=1S/C12H12BrN3/c1-14-6-9-7-15-12(16-8-9)10-2-4-11(13)5-3-10/h2-5,7-8,14H,6H2,1H3. The number of nitrogens with one attached hydrogen (secondary N) is 1. The highest BCUT2D eigenvalue weighted by molar-refractivity contribution is 9.10. The Morgan fingerprint density at radius 1 is 1.12 bits per heavy atom. The zero-order chi connectivity index (χ0) is 11.4. The molecule has 0 aliphatic heterocycles. The van der Waals surface area contributed by atoms with E-state index in [0.29, 0.717) is 0 Å². The molecule has 0 spiro atoms. The van der Waals surface area contributed by atoms with Crippen molar-refractivity contribution in [1.29, 1.82) is 0 Å². The van der Waals surface area contributed by atoms with Crippen LogP contribution in [0.25, 0.3) is 11.4 Å². The predicted molar refractivity (Wildman–Crippen MR) is 67.9 cm³/mol. The summed E-state index contributed by atoms with van der Waals surface area (Å²) in [6, 6.07) is 7.97. The largest absolute Gasteiger partial charge is 0.316 e. The summed E-state index contributed by atoms with van der Waals surface area (Å²) in [6.07, 6.45) is 3.70. The molecule has 2 rings (SSSR count). The molecule has 0 aliphatic rings. The van der Waals surface area contributed by atoms with Crippen LogP contribution in [-0.2, 0) is 6.54 Å². The number of aromatic nitrogens is 2. The third-order valence-corrected chi connectivity index (χ3v) is 2.72. The first kappa shape index (κ1) is 11.2. The monoisotopic (exact) mass is 277 g/mol. The van der Waals surface area contributed by atoms with Gasteiger partial charge in [-0.2, -0.15) is 0 Å². The van der Waals surface area contributed by atoms with E-state index >= 15 is 0 Å². The summed E-state index contributed by atoms with van der Waals surface area (Å²) in [4.78, 5) is 8.66. The van der Waals surface area contributed by atoms with Gasteiger partial charge in [-0.25, -0.2) is 9.97 Å². The first-order valence-corrected chi connectivity index (χ1v) is 5.80. The van der Waals surface area contributed by atoms with Crippen molar-refractivity contribution < 1.29 is 0 Å². The Morgan fingerprint density at radius 3 is 2.31 bits per heavy atom. The topological polar surface area (TPSA) is 37.8 Å². The van der Waals surface area contributed by atoms with E-state index in [2.05, 4.69) is 31.2 Å². The fourth-order valence-electron chi connectivity index (χ4n) is 1.40. The zero-order valence-electron chi connectivity index (χ0n) is 8.94. The SMILES string of the molecule is CNCc1cnc(-c2ccc(Br)cc2)nc1. The second kappa shape index (κ2) is 5.18. The van der Waals surface area contributed by atoms with Crippen LogP contribution in [0.2, 0.25) is 0 Å². The van der Waals surface area contributed by atoms with E-state index in [1.165, 1.54) is 0 Å². The van der Waals surface area contributed by atoms with Gasteiger partial charge in [0.2, 0.25) is 0 Å². The lowest BCUT2D eigenvalue weighted by Crippen LogP contribution is -2.06.